The molecule has 0 radical (unpaired) electrons. The number of hydrogen-bond donors (Lipinski definition) is 1. The molecule has 10 heavy (non-hydrogen) atoms. The van der Waals surface area contributed by atoms with Crippen molar-refractivity contribution in [2.75, 3.05) is 6.61 Å². The number of ether oxygens (including phenoxy) is 1. The molecule has 1 heterocycles. The lowest BCUT2D eigenvalue weighted by Crippen LogP contribution is -2.00. The van der Waals surface area contributed by atoms with Gasteiger partial charge in [-0.15, -0.1) is 0 Å². The van der Waals surface area contributed by atoms with Crippen LogP contribution in [-0.4, -0.2) is 11.7 Å². The van der Waals surface area contributed by atoms with Gasteiger partial charge >= 0.3 is 0 Å². The monoisotopic (exact) mass is 158 g/mol. The molecule has 3 heteroatoms. The van der Waals surface area contributed by atoms with Gasteiger partial charge in [0.1, 0.15) is 0 Å². The highest BCUT2D eigenvalue weighted by Crippen LogP contribution is 2.16. The van der Waals surface area contributed by atoms with Gasteiger partial charge in [0.25, 0.3) is 0 Å². The van der Waals surface area contributed by atoms with Gasteiger partial charge in [-0.05, 0) is 23.8 Å². The zero-order chi connectivity index (χ0) is 7.40. The van der Waals surface area contributed by atoms with E-state index < -0.39 is 6.29 Å². The summed E-state index contributed by atoms with van der Waals surface area (Å²) in [5, 5.41) is 13.0. The molecule has 1 N–H and O–H groups in total. The lowest BCUT2D eigenvalue weighted by Gasteiger charge is -2.06. The minimum absolute atomic E-state index is 0.539. The van der Waals surface area contributed by atoms with Crippen LogP contribution in [0.3, 0.4) is 0 Å². The largest absolute Gasteiger partial charge is 0.364 e. The van der Waals surface area contributed by atoms with Crippen LogP contribution in [0.15, 0.2) is 16.8 Å². The van der Waals surface area contributed by atoms with Gasteiger partial charge in [-0.3, -0.25) is 0 Å². The Morgan fingerprint density at radius 1 is 1.80 bits per heavy atom. The van der Waals surface area contributed by atoms with Crippen LogP contribution in [0.25, 0.3) is 0 Å². The van der Waals surface area contributed by atoms with Gasteiger partial charge in [0.15, 0.2) is 6.29 Å². The highest BCUT2D eigenvalue weighted by molar-refractivity contribution is 7.07. The summed E-state index contributed by atoms with van der Waals surface area (Å²) in [6, 6.07) is 1.85. The Morgan fingerprint density at radius 3 is 3.10 bits per heavy atom. The lowest BCUT2D eigenvalue weighted by molar-refractivity contribution is -0.0977. The molecule has 1 aromatic rings. The van der Waals surface area contributed by atoms with Gasteiger partial charge in [0, 0.05) is 12.2 Å². The number of hydrogen-bond acceptors (Lipinski definition) is 3. The van der Waals surface area contributed by atoms with E-state index in [0.717, 1.165) is 5.56 Å². The van der Waals surface area contributed by atoms with Crippen LogP contribution in [0.5, 0.6) is 0 Å². The predicted octanol–water partition coefficient (Wildman–Crippen LogP) is 1.78. The summed E-state index contributed by atoms with van der Waals surface area (Å²) in [5.41, 5.74) is 0.840. The van der Waals surface area contributed by atoms with Crippen molar-refractivity contribution in [2.24, 2.45) is 0 Å². The second-order valence-corrected chi connectivity index (χ2v) is 2.64. The average Bonchev–Trinajstić information content (AvgIpc) is 2.38. The molecule has 56 valence electrons. The maximum absolute atomic E-state index is 9.19. The van der Waals surface area contributed by atoms with Crippen molar-refractivity contribution in [2.45, 2.75) is 13.2 Å². The summed E-state index contributed by atoms with van der Waals surface area (Å²) in [4.78, 5) is 0. The van der Waals surface area contributed by atoms with Crippen molar-refractivity contribution in [1.82, 2.24) is 0 Å². The van der Waals surface area contributed by atoms with Crippen LogP contribution in [0, 0.1) is 0 Å². The lowest BCUT2D eigenvalue weighted by atomic mass is 10.3. The van der Waals surface area contributed by atoms with Crippen LogP contribution < -0.4 is 0 Å². The molecule has 1 aromatic heterocycles. The first kappa shape index (κ1) is 7.72. The summed E-state index contributed by atoms with van der Waals surface area (Å²) in [5.74, 6) is 0. The van der Waals surface area contributed by atoms with Crippen molar-refractivity contribution >= 4 is 11.3 Å². The van der Waals surface area contributed by atoms with Crippen LogP contribution in [0.1, 0.15) is 18.8 Å². The van der Waals surface area contributed by atoms with Crippen molar-refractivity contribution in [3.63, 3.8) is 0 Å². The minimum atomic E-state index is -0.740. The molecule has 0 saturated carbocycles. The number of aliphatic hydroxyl groups excluding tert-OH is 1. The Hall–Kier alpha value is -0.380. The van der Waals surface area contributed by atoms with Crippen LogP contribution >= 0.6 is 11.3 Å². The molecule has 0 fully saturated rings. The number of thiophene rings is 1. The van der Waals surface area contributed by atoms with E-state index in [-0.39, 0.29) is 0 Å². The van der Waals surface area contributed by atoms with Crippen molar-refractivity contribution < 1.29 is 9.84 Å². The fourth-order valence-corrected chi connectivity index (χ4v) is 1.34. The van der Waals surface area contributed by atoms with E-state index in [1.54, 1.807) is 11.3 Å². The maximum atomic E-state index is 9.19. The first-order valence-corrected chi connectivity index (χ1v) is 4.10. The van der Waals surface area contributed by atoms with E-state index in [2.05, 4.69) is 0 Å². The zero-order valence-electron chi connectivity index (χ0n) is 5.78. The van der Waals surface area contributed by atoms with Crippen LogP contribution in [0.4, 0.5) is 0 Å². The van der Waals surface area contributed by atoms with Crippen LogP contribution in [0.2, 0.25) is 0 Å². The quantitative estimate of drug-likeness (QED) is 0.679. The Bertz CT molecular complexity index is 172. The standard InChI is InChI=1S/C7H10O2S/c1-2-9-7(8)6-3-4-10-5-6/h3-5,7-8H,2H2,1H3. The van der Waals surface area contributed by atoms with E-state index in [4.69, 9.17) is 4.74 Å². The molecule has 0 aromatic carbocycles. The van der Waals surface area contributed by atoms with E-state index in [0.29, 0.717) is 6.61 Å². The Morgan fingerprint density at radius 2 is 2.60 bits per heavy atom. The molecular formula is C7H10O2S. The molecular weight excluding hydrogens is 148 g/mol. The molecule has 0 aliphatic heterocycles. The molecule has 0 spiro atoms. The highest BCUT2D eigenvalue weighted by atomic mass is 32.1. The predicted molar refractivity (Wildman–Crippen MR) is 40.9 cm³/mol. The molecule has 2 nitrogen and oxygen atoms in total. The molecule has 0 aliphatic carbocycles. The van der Waals surface area contributed by atoms with Crippen molar-refractivity contribution in [3.05, 3.63) is 22.4 Å². The highest BCUT2D eigenvalue weighted by Gasteiger charge is 2.04. The van der Waals surface area contributed by atoms with Gasteiger partial charge in [0.2, 0.25) is 0 Å². The first-order chi connectivity index (χ1) is 4.84. The Labute approximate surface area is 64.1 Å². The van der Waals surface area contributed by atoms with Crippen LogP contribution in [-0.2, 0) is 4.74 Å². The molecule has 0 amide bonds. The smallest absolute Gasteiger partial charge is 0.181 e. The third-order valence-electron chi connectivity index (χ3n) is 1.15. The topological polar surface area (TPSA) is 29.5 Å². The molecule has 1 unspecified atom stereocenters. The number of aliphatic hydroxyl groups is 1. The molecule has 1 atom stereocenters. The summed E-state index contributed by atoms with van der Waals surface area (Å²) in [6.07, 6.45) is -0.740. The van der Waals surface area contributed by atoms with E-state index in [9.17, 15) is 5.11 Å². The van der Waals surface area contributed by atoms with Gasteiger partial charge in [0.05, 0.1) is 0 Å². The summed E-state index contributed by atoms with van der Waals surface area (Å²) < 4.78 is 4.95. The molecule has 0 saturated heterocycles. The van der Waals surface area contributed by atoms with Crippen molar-refractivity contribution in [1.29, 1.82) is 0 Å². The van der Waals surface area contributed by atoms with E-state index >= 15 is 0 Å². The molecule has 0 aliphatic rings. The fraction of sp³-hybridized carbons (Fsp3) is 0.429. The normalized spacial score (nSPS) is 13.4. The first-order valence-electron chi connectivity index (χ1n) is 3.16. The third-order valence-corrected chi connectivity index (χ3v) is 1.85. The summed E-state index contributed by atoms with van der Waals surface area (Å²) in [6.45, 7) is 2.40. The van der Waals surface area contributed by atoms with Gasteiger partial charge < -0.3 is 9.84 Å². The van der Waals surface area contributed by atoms with Gasteiger partial charge in [-0.25, -0.2) is 0 Å². The fourth-order valence-electron chi connectivity index (χ4n) is 0.670. The number of rotatable bonds is 3. The average molecular weight is 158 g/mol. The third kappa shape index (κ3) is 1.80. The molecule has 0 bridgehead atoms. The summed E-state index contributed by atoms with van der Waals surface area (Å²) >= 11 is 1.55. The Balaban J connectivity index is 2.50. The Kier molecular flexibility index (Phi) is 2.86. The molecule has 1 rings (SSSR count). The SMILES string of the molecule is CCOC(O)c1ccsc1. The van der Waals surface area contributed by atoms with E-state index in [1.807, 2.05) is 23.8 Å². The summed E-state index contributed by atoms with van der Waals surface area (Å²) in [7, 11) is 0. The van der Waals surface area contributed by atoms with E-state index in [1.165, 1.54) is 0 Å². The second-order valence-electron chi connectivity index (χ2n) is 1.86. The minimum Gasteiger partial charge on any atom is -0.364 e. The van der Waals surface area contributed by atoms with Crippen molar-refractivity contribution in [3.8, 4) is 0 Å². The van der Waals surface area contributed by atoms with Gasteiger partial charge in [-0.2, -0.15) is 11.3 Å². The second kappa shape index (κ2) is 3.71. The van der Waals surface area contributed by atoms with Gasteiger partial charge in [-0.1, -0.05) is 0 Å². The zero-order valence-corrected chi connectivity index (χ0v) is 6.60. The maximum Gasteiger partial charge on any atom is 0.181 e.